The Balaban J connectivity index is 1.97. The first-order valence-electron chi connectivity index (χ1n) is 7.21. The highest BCUT2D eigenvalue weighted by Crippen LogP contribution is 2.25. The topological polar surface area (TPSA) is 84.2 Å². The van der Waals surface area contributed by atoms with Crippen molar-refractivity contribution < 1.29 is 19.7 Å². The molecule has 0 bridgehead atoms. The second-order valence-electron chi connectivity index (χ2n) is 4.82. The SMILES string of the molecule is COc1ccccc1OCCN=Cc1c(CO)cnc(C)c1O. The van der Waals surface area contributed by atoms with Gasteiger partial charge in [-0.25, -0.2) is 0 Å². The average molecular weight is 316 g/mol. The number of pyridine rings is 1. The van der Waals surface area contributed by atoms with Crippen molar-refractivity contribution in [2.24, 2.45) is 4.99 Å². The van der Waals surface area contributed by atoms with Crippen molar-refractivity contribution >= 4 is 6.21 Å². The Bertz CT molecular complexity index is 686. The molecule has 0 atom stereocenters. The fourth-order valence-electron chi connectivity index (χ4n) is 2.02. The molecule has 0 aliphatic carbocycles. The first-order chi connectivity index (χ1) is 11.2. The van der Waals surface area contributed by atoms with Crippen molar-refractivity contribution in [1.29, 1.82) is 0 Å². The molecule has 1 heterocycles. The summed E-state index contributed by atoms with van der Waals surface area (Å²) in [7, 11) is 1.59. The molecule has 6 nitrogen and oxygen atoms in total. The van der Waals surface area contributed by atoms with Crippen LogP contribution in [0.4, 0.5) is 0 Å². The van der Waals surface area contributed by atoms with E-state index < -0.39 is 0 Å². The van der Waals surface area contributed by atoms with E-state index in [1.54, 1.807) is 14.0 Å². The molecule has 122 valence electrons. The molecule has 1 aromatic carbocycles. The van der Waals surface area contributed by atoms with Gasteiger partial charge < -0.3 is 19.7 Å². The van der Waals surface area contributed by atoms with E-state index in [-0.39, 0.29) is 12.4 Å². The predicted octanol–water partition coefficient (Wildman–Crippen LogP) is 2.09. The molecule has 2 aromatic rings. The van der Waals surface area contributed by atoms with Crippen molar-refractivity contribution in [3.63, 3.8) is 0 Å². The normalized spacial score (nSPS) is 10.9. The first kappa shape index (κ1) is 16.8. The van der Waals surface area contributed by atoms with Gasteiger partial charge >= 0.3 is 0 Å². The Morgan fingerprint density at radius 3 is 2.70 bits per heavy atom. The van der Waals surface area contributed by atoms with Crippen LogP contribution in [0.3, 0.4) is 0 Å². The maximum Gasteiger partial charge on any atom is 0.161 e. The molecule has 0 amide bonds. The van der Waals surface area contributed by atoms with Crippen LogP contribution >= 0.6 is 0 Å². The van der Waals surface area contributed by atoms with Gasteiger partial charge in [-0.05, 0) is 19.1 Å². The molecule has 0 aliphatic heterocycles. The van der Waals surface area contributed by atoms with Gasteiger partial charge in [0.05, 0.1) is 26.0 Å². The molecule has 0 fully saturated rings. The van der Waals surface area contributed by atoms with E-state index in [4.69, 9.17) is 9.47 Å². The van der Waals surface area contributed by atoms with Gasteiger partial charge in [0.15, 0.2) is 11.5 Å². The Hall–Kier alpha value is -2.60. The van der Waals surface area contributed by atoms with Crippen LogP contribution in [0, 0.1) is 6.92 Å². The minimum Gasteiger partial charge on any atom is -0.505 e. The molecule has 0 unspecified atom stereocenters. The average Bonchev–Trinajstić information content (AvgIpc) is 2.58. The minimum atomic E-state index is -0.208. The maximum absolute atomic E-state index is 10.00. The molecule has 2 N–H and O–H groups in total. The number of aryl methyl sites for hydroxylation is 1. The van der Waals surface area contributed by atoms with E-state index in [0.29, 0.717) is 41.5 Å². The largest absolute Gasteiger partial charge is 0.505 e. The highest BCUT2D eigenvalue weighted by molar-refractivity contribution is 5.85. The fraction of sp³-hybridized carbons (Fsp3) is 0.294. The number of methoxy groups -OCH3 is 1. The van der Waals surface area contributed by atoms with Gasteiger partial charge in [-0.2, -0.15) is 0 Å². The number of aromatic hydroxyl groups is 1. The van der Waals surface area contributed by atoms with E-state index >= 15 is 0 Å². The zero-order valence-corrected chi connectivity index (χ0v) is 13.2. The van der Waals surface area contributed by atoms with Crippen LogP contribution in [0.2, 0.25) is 0 Å². The first-order valence-corrected chi connectivity index (χ1v) is 7.21. The molecule has 0 saturated heterocycles. The predicted molar refractivity (Wildman–Crippen MR) is 87.5 cm³/mol. The Kier molecular flexibility index (Phi) is 5.94. The number of hydrogen-bond acceptors (Lipinski definition) is 6. The molecular weight excluding hydrogens is 296 g/mol. The monoisotopic (exact) mass is 316 g/mol. The van der Waals surface area contributed by atoms with E-state index in [1.165, 1.54) is 12.4 Å². The third kappa shape index (κ3) is 4.20. The maximum atomic E-state index is 10.00. The number of nitrogens with zero attached hydrogens (tertiary/aromatic N) is 2. The number of benzene rings is 1. The van der Waals surface area contributed by atoms with E-state index in [9.17, 15) is 10.2 Å². The molecule has 0 aliphatic rings. The van der Waals surface area contributed by atoms with Gasteiger partial charge in [-0.3, -0.25) is 9.98 Å². The fourth-order valence-corrected chi connectivity index (χ4v) is 2.02. The number of aliphatic hydroxyl groups excluding tert-OH is 1. The summed E-state index contributed by atoms with van der Waals surface area (Å²) in [6, 6.07) is 7.38. The van der Waals surface area contributed by atoms with Crippen LogP contribution in [0.5, 0.6) is 17.2 Å². The van der Waals surface area contributed by atoms with E-state index in [0.717, 1.165) is 0 Å². The van der Waals surface area contributed by atoms with Gasteiger partial charge in [0.25, 0.3) is 0 Å². The van der Waals surface area contributed by atoms with Crippen LogP contribution < -0.4 is 9.47 Å². The van der Waals surface area contributed by atoms with E-state index in [2.05, 4.69) is 9.98 Å². The summed E-state index contributed by atoms with van der Waals surface area (Å²) in [5.41, 5.74) is 1.51. The lowest BCUT2D eigenvalue weighted by atomic mass is 10.1. The lowest BCUT2D eigenvalue weighted by Gasteiger charge is -2.09. The highest BCUT2D eigenvalue weighted by Gasteiger charge is 2.09. The molecule has 0 radical (unpaired) electrons. The van der Waals surface area contributed by atoms with Crippen LogP contribution in [0.15, 0.2) is 35.5 Å². The van der Waals surface area contributed by atoms with Crippen molar-refractivity contribution in [1.82, 2.24) is 4.98 Å². The van der Waals surface area contributed by atoms with Crippen LogP contribution in [0.1, 0.15) is 16.8 Å². The Morgan fingerprint density at radius 1 is 1.26 bits per heavy atom. The van der Waals surface area contributed by atoms with Gasteiger partial charge in [-0.1, -0.05) is 12.1 Å². The second-order valence-corrected chi connectivity index (χ2v) is 4.82. The molecule has 0 spiro atoms. The van der Waals surface area contributed by atoms with Gasteiger partial charge in [0.1, 0.15) is 12.4 Å². The Morgan fingerprint density at radius 2 is 2.00 bits per heavy atom. The zero-order valence-electron chi connectivity index (χ0n) is 13.2. The molecule has 6 heteroatoms. The van der Waals surface area contributed by atoms with Gasteiger partial charge in [0.2, 0.25) is 0 Å². The lowest BCUT2D eigenvalue weighted by molar-refractivity contribution is 0.280. The van der Waals surface area contributed by atoms with Crippen molar-refractivity contribution in [3.05, 3.63) is 47.3 Å². The summed E-state index contributed by atoms with van der Waals surface area (Å²) in [5, 5.41) is 19.3. The molecular formula is C17H20N2O4. The number of ether oxygens (including phenoxy) is 2. The summed E-state index contributed by atoms with van der Waals surface area (Å²) < 4.78 is 10.8. The van der Waals surface area contributed by atoms with Crippen LogP contribution in [0.25, 0.3) is 0 Å². The van der Waals surface area contributed by atoms with Gasteiger partial charge in [-0.15, -0.1) is 0 Å². The van der Waals surface area contributed by atoms with Crippen molar-refractivity contribution in [2.75, 3.05) is 20.3 Å². The number of para-hydroxylation sites is 2. The van der Waals surface area contributed by atoms with Gasteiger partial charge in [0, 0.05) is 23.5 Å². The van der Waals surface area contributed by atoms with E-state index in [1.807, 2.05) is 24.3 Å². The summed E-state index contributed by atoms with van der Waals surface area (Å²) in [5.74, 6) is 1.36. The third-order valence-electron chi connectivity index (χ3n) is 3.30. The Labute approximate surface area is 135 Å². The molecule has 0 saturated carbocycles. The molecule has 1 aromatic heterocycles. The quantitative estimate of drug-likeness (QED) is 0.603. The van der Waals surface area contributed by atoms with Crippen molar-refractivity contribution in [3.8, 4) is 17.2 Å². The van der Waals surface area contributed by atoms with Crippen molar-refractivity contribution in [2.45, 2.75) is 13.5 Å². The summed E-state index contributed by atoms with van der Waals surface area (Å²) >= 11 is 0. The number of aliphatic imine (C=N–C) groups is 1. The van der Waals surface area contributed by atoms with Crippen LogP contribution in [-0.2, 0) is 6.61 Å². The summed E-state index contributed by atoms with van der Waals surface area (Å²) in [6.07, 6.45) is 3.06. The zero-order chi connectivity index (χ0) is 16.7. The summed E-state index contributed by atoms with van der Waals surface area (Å²) in [4.78, 5) is 8.24. The lowest BCUT2D eigenvalue weighted by Crippen LogP contribution is -2.03. The smallest absolute Gasteiger partial charge is 0.161 e. The number of rotatable bonds is 7. The highest BCUT2D eigenvalue weighted by atomic mass is 16.5. The molecule has 23 heavy (non-hydrogen) atoms. The number of aromatic nitrogens is 1. The third-order valence-corrected chi connectivity index (χ3v) is 3.30. The number of hydrogen-bond donors (Lipinski definition) is 2. The molecule has 2 rings (SSSR count). The second kappa shape index (κ2) is 8.14. The minimum absolute atomic E-state index is 0.0333. The standard InChI is InChI=1S/C17H20N2O4/c1-12-17(21)14(13(11-20)9-19-12)10-18-7-8-23-16-6-4-3-5-15(16)22-2/h3-6,9-10,20-21H,7-8,11H2,1-2H3. The number of aliphatic hydroxyl groups is 1. The summed E-state index contributed by atoms with van der Waals surface area (Å²) in [6.45, 7) is 2.26. The van der Waals surface area contributed by atoms with Crippen LogP contribution in [-0.4, -0.2) is 41.7 Å².